The summed E-state index contributed by atoms with van der Waals surface area (Å²) >= 11 is 0. The van der Waals surface area contributed by atoms with E-state index in [-0.39, 0.29) is 11.3 Å². The number of rotatable bonds is 1. The highest BCUT2D eigenvalue weighted by Crippen LogP contribution is 2.35. The molecule has 19 heavy (non-hydrogen) atoms. The number of fused-ring (bicyclic) bond motifs is 1. The Morgan fingerprint density at radius 3 is 2.68 bits per heavy atom. The minimum atomic E-state index is 0.0651. The van der Waals surface area contributed by atoms with Crippen LogP contribution in [0.1, 0.15) is 31.3 Å². The lowest BCUT2D eigenvalue weighted by Gasteiger charge is -2.36. The molecule has 1 saturated heterocycles. The van der Waals surface area contributed by atoms with Crippen LogP contribution in [-0.4, -0.2) is 44.5 Å². The van der Waals surface area contributed by atoms with Gasteiger partial charge in [-0.1, -0.05) is 6.92 Å². The third-order valence-corrected chi connectivity index (χ3v) is 4.25. The van der Waals surface area contributed by atoms with Crippen LogP contribution in [0.15, 0.2) is 12.4 Å². The van der Waals surface area contributed by atoms with Crippen molar-refractivity contribution in [3.63, 3.8) is 0 Å². The number of hydrogen-bond acceptors (Lipinski definition) is 4. The van der Waals surface area contributed by atoms with Crippen molar-refractivity contribution in [2.75, 3.05) is 20.1 Å². The summed E-state index contributed by atoms with van der Waals surface area (Å²) in [5, 5.41) is 9.91. The average molecular weight is 260 g/mol. The molecule has 0 saturated carbocycles. The van der Waals surface area contributed by atoms with Crippen LogP contribution in [0.25, 0.3) is 5.52 Å². The predicted octanol–water partition coefficient (Wildman–Crippen LogP) is 1.73. The highest BCUT2D eigenvalue weighted by Gasteiger charge is 2.34. The van der Waals surface area contributed by atoms with Crippen molar-refractivity contribution in [1.82, 2.24) is 19.3 Å². The molecular formula is C14H20N4O. The minimum Gasteiger partial charge on any atom is -0.492 e. The number of aryl methyl sites for hydroxylation is 1. The third kappa shape index (κ3) is 1.98. The lowest BCUT2D eigenvalue weighted by atomic mass is 9.79. The molecule has 102 valence electrons. The van der Waals surface area contributed by atoms with Crippen molar-refractivity contribution in [2.45, 2.75) is 32.1 Å². The fourth-order valence-electron chi connectivity index (χ4n) is 2.88. The first-order valence-electron chi connectivity index (χ1n) is 6.72. The normalized spacial score (nSPS) is 19.9. The van der Waals surface area contributed by atoms with Crippen LogP contribution >= 0.6 is 0 Å². The van der Waals surface area contributed by atoms with Gasteiger partial charge in [-0.05, 0) is 39.9 Å². The summed E-state index contributed by atoms with van der Waals surface area (Å²) in [5.41, 5.74) is 1.57. The van der Waals surface area contributed by atoms with Gasteiger partial charge in [0.05, 0.1) is 11.9 Å². The van der Waals surface area contributed by atoms with Crippen LogP contribution in [0.5, 0.6) is 5.88 Å². The SMILES string of the molecule is Cc1cn2c(C3(C)CCN(C)CC3)ncc2c(O)n1. The first-order chi connectivity index (χ1) is 8.99. The van der Waals surface area contributed by atoms with Crippen molar-refractivity contribution in [2.24, 2.45) is 0 Å². The van der Waals surface area contributed by atoms with Gasteiger partial charge in [0.1, 0.15) is 11.3 Å². The topological polar surface area (TPSA) is 53.7 Å². The number of nitrogens with zero attached hydrogens (tertiary/aromatic N) is 4. The number of hydrogen-bond donors (Lipinski definition) is 1. The Balaban J connectivity index is 2.10. The van der Waals surface area contributed by atoms with Crippen molar-refractivity contribution >= 4 is 5.52 Å². The van der Waals surface area contributed by atoms with E-state index < -0.39 is 0 Å². The van der Waals surface area contributed by atoms with E-state index in [2.05, 4.69) is 28.8 Å². The van der Waals surface area contributed by atoms with Gasteiger partial charge in [-0.25, -0.2) is 9.97 Å². The van der Waals surface area contributed by atoms with Crippen molar-refractivity contribution < 1.29 is 5.11 Å². The molecule has 2 aromatic heterocycles. The smallest absolute Gasteiger partial charge is 0.237 e. The van der Waals surface area contributed by atoms with E-state index in [4.69, 9.17) is 0 Å². The second-order valence-electron chi connectivity index (χ2n) is 5.91. The number of aromatic hydroxyl groups is 1. The first kappa shape index (κ1) is 12.4. The molecule has 0 unspecified atom stereocenters. The zero-order valence-electron chi connectivity index (χ0n) is 11.7. The van der Waals surface area contributed by atoms with Gasteiger partial charge in [0.15, 0.2) is 0 Å². The van der Waals surface area contributed by atoms with Crippen molar-refractivity contribution in [3.8, 4) is 5.88 Å². The molecule has 1 N–H and O–H groups in total. The molecule has 3 rings (SSSR count). The molecule has 1 aliphatic rings. The molecule has 0 aromatic carbocycles. The van der Waals surface area contributed by atoms with E-state index in [1.54, 1.807) is 6.20 Å². The van der Waals surface area contributed by atoms with Crippen LogP contribution in [-0.2, 0) is 5.41 Å². The molecule has 0 atom stereocenters. The fraction of sp³-hybridized carbons (Fsp3) is 0.571. The Labute approximate surface area is 112 Å². The highest BCUT2D eigenvalue weighted by molar-refractivity contribution is 5.55. The van der Waals surface area contributed by atoms with Crippen LogP contribution in [0, 0.1) is 6.92 Å². The molecule has 0 aliphatic carbocycles. The number of aromatic nitrogens is 3. The van der Waals surface area contributed by atoms with E-state index in [0.717, 1.165) is 37.4 Å². The summed E-state index contributed by atoms with van der Waals surface area (Å²) < 4.78 is 2.00. The Morgan fingerprint density at radius 2 is 2.00 bits per heavy atom. The first-order valence-corrected chi connectivity index (χ1v) is 6.72. The molecule has 5 heteroatoms. The molecule has 3 heterocycles. The van der Waals surface area contributed by atoms with Crippen LogP contribution in [0.4, 0.5) is 0 Å². The minimum absolute atomic E-state index is 0.0651. The molecule has 0 radical (unpaired) electrons. The van der Waals surface area contributed by atoms with Crippen molar-refractivity contribution in [1.29, 1.82) is 0 Å². The molecule has 1 aliphatic heterocycles. The van der Waals surface area contributed by atoms with E-state index in [1.165, 1.54) is 0 Å². The van der Waals surface area contributed by atoms with E-state index in [0.29, 0.717) is 5.52 Å². The van der Waals surface area contributed by atoms with Crippen molar-refractivity contribution in [3.05, 3.63) is 23.9 Å². The second-order valence-corrected chi connectivity index (χ2v) is 5.91. The molecule has 0 bridgehead atoms. The average Bonchev–Trinajstić information content (AvgIpc) is 2.78. The summed E-state index contributed by atoms with van der Waals surface area (Å²) in [5.74, 6) is 1.10. The monoisotopic (exact) mass is 260 g/mol. The Bertz CT molecular complexity index is 611. The van der Waals surface area contributed by atoms with Gasteiger partial charge in [0.2, 0.25) is 5.88 Å². The zero-order chi connectivity index (χ0) is 13.6. The summed E-state index contributed by atoms with van der Waals surface area (Å²) in [4.78, 5) is 11.0. The third-order valence-electron chi connectivity index (χ3n) is 4.25. The lowest BCUT2D eigenvalue weighted by molar-refractivity contribution is 0.192. The van der Waals surface area contributed by atoms with Gasteiger partial charge in [-0.3, -0.25) is 4.40 Å². The molecule has 1 fully saturated rings. The molecule has 2 aromatic rings. The molecule has 0 spiro atoms. The Hall–Kier alpha value is -1.62. The van der Waals surface area contributed by atoms with Gasteiger partial charge in [-0.15, -0.1) is 0 Å². The second kappa shape index (κ2) is 4.20. The predicted molar refractivity (Wildman–Crippen MR) is 73.5 cm³/mol. The van der Waals surface area contributed by atoms with E-state index in [9.17, 15) is 5.11 Å². The van der Waals surface area contributed by atoms with Gasteiger partial charge in [-0.2, -0.15) is 0 Å². The summed E-state index contributed by atoms with van der Waals surface area (Å²) in [6.45, 7) is 6.32. The van der Waals surface area contributed by atoms with E-state index in [1.807, 2.05) is 17.5 Å². The lowest BCUT2D eigenvalue weighted by Crippen LogP contribution is -2.40. The molecule has 5 nitrogen and oxygen atoms in total. The summed E-state index contributed by atoms with van der Waals surface area (Å²) in [6, 6.07) is 0. The van der Waals surface area contributed by atoms with Gasteiger partial charge < -0.3 is 10.0 Å². The van der Waals surface area contributed by atoms with Crippen LogP contribution in [0.3, 0.4) is 0 Å². The van der Waals surface area contributed by atoms with Gasteiger partial charge >= 0.3 is 0 Å². The van der Waals surface area contributed by atoms with E-state index >= 15 is 0 Å². The zero-order valence-corrected chi connectivity index (χ0v) is 11.7. The molecule has 0 amide bonds. The summed E-state index contributed by atoms with van der Waals surface area (Å²) in [7, 11) is 2.16. The maximum Gasteiger partial charge on any atom is 0.237 e. The van der Waals surface area contributed by atoms with Gasteiger partial charge in [0.25, 0.3) is 0 Å². The summed E-state index contributed by atoms with van der Waals surface area (Å²) in [6.07, 6.45) is 5.86. The number of piperidine rings is 1. The quantitative estimate of drug-likeness (QED) is 0.848. The maximum atomic E-state index is 9.91. The fourth-order valence-corrected chi connectivity index (χ4v) is 2.88. The van der Waals surface area contributed by atoms with Gasteiger partial charge in [0, 0.05) is 11.6 Å². The van der Waals surface area contributed by atoms with Crippen LogP contribution in [0.2, 0.25) is 0 Å². The highest BCUT2D eigenvalue weighted by atomic mass is 16.3. The Morgan fingerprint density at radius 1 is 1.32 bits per heavy atom. The largest absolute Gasteiger partial charge is 0.492 e. The number of likely N-dealkylation sites (tertiary alicyclic amines) is 1. The standard InChI is InChI=1S/C14H20N4O/c1-10-9-18-11(12(19)16-10)8-15-13(18)14(2)4-6-17(3)7-5-14/h8-9H,4-7H2,1-3H3,(H,16,19). The Kier molecular flexibility index (Phi) is 2.74. The molecular weight excluding hydrogens is 240 g/mol. The maximum absolute atomic E-state index is 9.91. The number of imidazole rings is 1. The van der Waals surface area contributed by atoms with Crippen LogP contribution < -0.4 is 0 Å².